The number of benzene rings is 1. The smallest absolute Gasteiger partial charge is 0.326 e. The molecule has 2 saturated heterocycles. The number of rotatable bonds is 5. The highest BCUT2D eigenvalue weighted by molar-refractivity contribution is 7.98. The molecule has 3 rings (SSSR count). The van der Waals surface area contributed by atoms with E-state index in [9.17, 15) is 19.5 Å². The van der Waals surface area contributed by atoms with Crippen LogP contribution in [0.3, 0.4) is 0 Å². The SMILES string of the molecule is COC(=O)[C@@]1(CCSC)N[C@@H](c2cccc(O)c2)[C@H]2C(=O)NC(=O)[C@H]21. The molecule has 0 unspecified atom stereocenters. The minimum atomic E-state index is -1.27. The maximum atomic E-state index is 12.6. The van der Waals surface area contributed by atoms with Crippen molar-refractivity contribution < 1.29 is 24.2 Å². The molecule has 1 aromatic carbocycles. The number of aromatic hydroxyl groups is 1. The number of amides is 2. The van der Waals surface area contributed by atoms with Crippen LogP contribution in [-0.2, 0) is 19.1 Å². The number of nitrogens with one attached hydrogen (secondary N) is 2. The van der Waals surface area contributed by atoms with E-state index >= 15 is 0 Å². The third-order valence-electron chi connectivity index (χ3n) is 4.97. The summed E-state index contributed by atoms with van der Waals surface area (Å²) < 4.78 is 4.98. The van der Waals surface area contributed by atoms with E-state index in [1.54, 1.807) is 23.9 Å². The fourth-order valence-corrected chi connectivity index (χ4v) is 4.42. The number of esters is 1. The second-order valence-corrected chi connectivity index (χ2v) is 7.27. The van der Waals surface area contributed by atoms with Crippen LogP contribution in [0.5, 0.6) is 5.75 Å². The van der Waals surface area contributed by atoms with Crippen molar-refractivity contribution in [3.63, 3.8) is 0 Å². The molecule has 0 aromatic heterocycles. The maximum Gasteiger partial charge on any atom is 0.326 e. The van der Waals surface area contributed by atoms with E-state index in [4.69, 9.17) is 4.74 Å². The lowest BCUT2D eigenvalue weighted by Crippen LogP contribution is -2.56. The number of thioether (sulfide) groups is 1. The van der Waals surface area contributed by atoms with Gasteiger partial charge in [0.05, 0.1) is 18.9 Å². The Hall–Kier alpha value is -2.06. The first-order chi connectivity index (χ1) is 11.9. The number of methoxy groups -OCH3 is 1. The highest BCUT2D eigenvalue weighted by Gasteiger charge is 2.66. The molecule has 0 spiro atoms. The molecule has 1 aromatic rings. The third kappa shape index (κ3) is 2.79. The molecule has 0 bridgehead atoms. The van der Waals surface area contributed by atoms with Gasteiger partial charge in [-0.05, 0) is 36.1 Å². The molecule has 7 nitrogen and oxygen atoms in total. The lowest BCUT2D eigenvalue weighted by atomic mass is 9.78. The van der Waals surface area contributed by atoms with Gasteiger partial charge in [0, 0.05) is 6.04 Å². The molecule has 0 saturated carbocycles. The summed E-state index contributed by atoms with van der Waals surface area (Å²) in [5.41, 5.74) is -0.621. The van der Waals surface area contributed by atoms with Crippen molar-refractivity contribution in [2.45, 2.75) is 18.0 Å². The van der Waals surface area contributed by atoms with Crippen LogP contribution in [0, 0.1) is 11.8 Å². The Bertz CT molecular complexity index is 725. The summed E-state index contributed by atoms with van der Waals surface area (Å²) in [6.45, 7) is 0. The average molecular weight is 364 g/mol. The van der Waals surface area contributed by atoms with Crippen molar-refractivity contribution in [1.82, 2.24) is 10.6 Å². The van der Waals surface area contributed by atoms with Crippen molar-refractivity contribution in [1.29, 1.82) is 0 Å². The zero-order chi connectivity index (χ0) is 18.2. The second-order valence-electron chi connectivity index (χ2n) is 6.28. The topological polar surface area (TPSA) is 105 Å². The van der Waals surface area contributed by atoms with Gasteiger partial charge < -0.3 is 9.84 Å². The normalized spacial score (nSPS) is 30.9. The molecular weight excluding hydrogens is 344 g/mol. The van der Waals surface area contributed by atoms with E-state index in [1.807, 2.05) is 6.26 Å². The summed E-state index contributed by atoms with van der Waals surface area (Å²) in [5.74, 6) is -2.31. The van der Waals surface area contributed by atoms with Gasteiger partial charge in [0.2, 0.25) is 11.8 Å². The maximum absolute atomic E-state index is 12.6. The molecule has 2 fully saturated rings. The predicted octanol–water partition coefficient (Wildman–Crippen LogP) is 0.590. The number of hydrogen-bond donors (Lipinski definition) is 3. The van der Waals surface area contributed by atoms with E-state index in [1.165, 1.54) is 19.2 Å². The van der Waals surface area contributed by atoms with Crippen LogP contribution in [0.25, 0.3) is 0 Å². The second kappa shape index (κ2) is 6.68. The van der Waals surface area contributed by atoms with E-state index in [0.717, 1.165) is 0 Å². The third-order valence-corrected chi connectivity index (χ3v) is 5.59. The van der Waals surface area contributed by atoms with Crippen molar-refractivity contribution in [3.8, 4) is 5.75 Å². The number of phenols is 1. The highest BCUT2D eigenvalue weighted by Crippen LogP contribution is 2.48. The summed E-state index contributed by atoms with van der Waals surface area (Å²) in [5, 5.41) is 15.3. The summed E-state index contributed by atoms with van der Waals surface area (Å²) >= 11 is 1.55. The molecule has 2 aliphatic rings. The van der Waals surface area contributed by atoms with E-state index in [-0.39, 0.29) is 5.75 Å². The molecule has 4 atom stereocenters. The Balaban J connectivity index is 2.09. The minimum Gasteiger partial charge on any atom is -0.508 e. The monoisotopic (exact) mass is 364 g/mol. The standard InChI is InChI=1S/C17H20N2O5S/c1-24-16(23)17(6-7-25-2)12-11(14(21)18-15(12)22)13(19-17)9-4-3-5-10(20)8-9/h3-5,8,11-13,19-20H,6-7H2,1-2H3,(H,18,21,22)/t11-,12-,13-,17-/m0/s1. The number of fused-ring (bicyclic) bond motifs is 1. The van der Waals surface area contributed by atoms with Crippen LogP contribution in [0.4, 0.5) is 0 Å². The van der Waals surface area contributed by atoms with Crippen molar-refractivity contribution >= 4 is 29.5 Å². The van der Waals surface area contributed by atoms with Gasteiger partial charge in [0.15, 0.2) is 0 Å². The molecule has 2 heterocycles. The van der Waals surface area contributed by atoms with Crippen LogP contribution >= 0.6 is 11.8 Å². The summed E-state index contributed by atoms with van der Waals surface area (Å²) in [6, 6.07) is 5.91. The van der Waals surface area contributed by atoms with E-state index in [0.29, 0.717) is 17.7 Å². The summed E-state index contributed by atoms with van der Waals surface area (Å²) in [4.78, 5) is 37.5. The molecule has 2 aliphatic heterocycles. The van der Waals surface area contributed by atoms with Crippen molar-refractivity contribution in [2.24, 2.45) is 11.8 Å². The van der Waals surface area contributed by atoms with Gasteiger partial charge in [0.25, 0.3) is 0 Å². The summed E-state index contributed by atoms with van der Waals surface area (Å²) in [7, 11) is 1.27. The highest BCUT2D eigenvalue weighted by atomic mass is 32.2. The molecular formula is C17H20N2O5S. The Morgan fingerprint density at radius 2 is 2.12 bits per heavy atom. The molecule has 0 radical (unpaired) electrons. The number of hydrogen-bond acceptors (Lipinski definition) is 7. The van der Waals surface area contributed by atoms with E-state index < -0.39 is 41.2 Å². The van der Waals surface area contributed by atoms with Crippen LogP contribution in [0.1, 0.15) is 18.0 Å². The lowest BCUT2D eigenvalue weighted by molar-refractivity contribution is -0.152. The zero-order valence-corrected chi connectivity index (χ0v) is 14.8. The van der Waals surface area contributed by atoms with E-state index in [2.05, 4.69) is 10.6 Å². The molecule has 3 N–H and O–H groups in total. The van der Waals surface area contributed by atoms with Crippen LogP contribution in [0.2, 0.25) is 0 Å². The van der Waals surface area contributed by atoms with Gasteiger partial charge in [0.1, 0.15) is 11.3 Å². The molecule has 2 amide bonds. The first-order valence-electron chi connectivity index (χ1n) is 7.93. The largest absolute Gasteiger partial charge is 0.508 e. The zero-order valence-electron chi connectivity index (χ0n) is 13.9. The number of carbonyl (C=O) groups excluding carboxylic acids is 3. The number of ether oxygens (including phenoxy) is 1. The number of carbonyl (C=O) groups is 3. The Morgan fingerprint density at radius 3 is 2.76 bits per heavy atom. The van der Waals surface area contributed by atoms with Gasteiger partial charge in [-0.15, -0.1) is 0 Å². The Morgan fingerprint density at radius 1 is 1.36 bits per heavy atom. The predicted molar refractivity (Wildman–Crippen MR) is 91.9 cm³/mol. The molecule has 134 valence electrons. The fourth-order valence-electron chi connectivity index (χ4n) is 3.90. The van der Waals surface area contributed by atoms with Gasteiger partial charge in [-0.25, -0.2) is 0 Å². The quantitative estimate of drug-likeness (QED) is 0.519. The average Bonchev–Trinajstić information content (AvgIpc) is 3.10. The van der Waals surface area contributed by atoms with Crippen LogP contribution in [-0.4, -0.2) is 47.5 Å². The van der Waals surface area contributed by atoms with Gasteiger partial charge in [-0.1, -0.05) is 12.1 Å². The lowest BCUT2D eigenvalue weighted by Gasteiger charge is -2.31. The van der Waals surface area contributed by atoms with Crippen molar-refractivity contribution in [3.05, 3.63) is 29.8 Å². The van der Waals surface area contributed by atoms with Crippen LogP contribution < -0.4 is 10.6 Å². The fraction of sp³-hybridized carbons (Fsp3) is 0.471. The van der Waals surface area contributed by atoms with Gasteiger partial charge >= 0.3 is 5.97 Å². The summed E-state index contributed by atoms with van der Waals surface area (Å²) in [6.07, 6.45) is 2.27. The number of imide groups is 1. The molecule has 8 heteroatoms. The van der Waals surface area contributed by atoms with Crippen LogP contribution in [0.15, 0.2) is 24.3 Å². The van der Waals surface area contributed by atoms with Gasteiger partial charge in [-0.3, -0.25) is 25.0 Å². The first kappa shape index (κ1) is 17.8. The first-order valence-corrected chi connectivity index (χ1v) is 9.32. The Labute approximate surface area is 149 Å². The van der Waals surface area contributed by atoms with Crippen molar-refractivity contribution in [2.75, 3.05) is 19.1 Å². The molecule has 0 aliphatic carbocycles. The molecule has 25 heavy (non-hydrogen) atoms. The van der Waals surface area contributed by atoms with Gasteiger partial charge in [-0.2, -0.15) is 11.8 Å². The Kier molecular flexibility index (Phi) is 4.75. The number of phenolic OH excluding ortho intramolecular Hbond substituents is 1. The minimum absolute atomic E-state index is 0.0558.